The van der Waals surface area contributed by atoms with Gasteiger partial charge in [-0.2, -0.15) is 0 Å². The highest BCUT2D eigenvalue weighted by Gasteiger charge is 2.26. The van der Waals surface area contributed by atoms with E-state index in [0.717, 1.165) is 6.07 Å². The molecule has 0 aliphatic heterocycles. The monoisotopic (exact) mass is 272 g/mol. The Morgan fingerprint density at radius 3 is 2.26 bits per heavy atom. The lowest BCUT2D eigenvalue weighted by molar-refractivity contribution is -0.121. The standard InChI is InChI=1S/C12H14F2N2O3/c1-12(2,15-3)11(19)16-9-4-6(10(17)18)7(13)5-8(9)14/h4-5,15H,1-3H3,(H,16,19)(H,17,18). The van der Waals surface area contributed by atoms with E-state index in [9.17, 15) is 18.4 Å². The highest BCUT2D eigenvalue weighted by molar-refractivity contribution is 5.98. The van der Waals surface area contributed by atoms with Gasteiger partial charge in [0.2, 0.25) is 5.91 Å². The number of anilines is 1. The second kappa shape index (κ2) is 5.31. The molecule has 0 saturated heterocycles. The quantitative estimate of drug-likeness (QED) is 0.778. The summed E-state index contributed by atoms with van der Waals surface area (Å²) in [7, 11) is 1.54. The number of hydrogen-bond acceptors (Lipinski definition) is 3. The number of carbonyl (C=O) groups is 2. The number of halogens is 2. The van der Waals surface area contributed by atoms with Gasteiger partial charge in [-0.15, -0.1) is 0 Å². The van der Waals surface area contributed by atoms with Crippen molar-refractivity contribution >= 4 is 17.6 Å². The number of carboxylic acid groups (broad SMARTS) is 1. The van der Waals surface area contributed by atoms with Gasteiger partial charge >= 0.3 is 5.97 Å². The van der Waals surface area contributed by atoms with E-state index in [4.69, 9.17) is 5.11 Å². The number of benzene rings is 1. The molecular weight excluding hydrogens is 258 g/mol. The molecule has 0 aliphatic rings. The SMILES string of the molecule is CNC(C)(C)C(=O)Nc1cc(C(=O)O)c(F)cc1F. The average Bonchev–Trinajstić information content (AvgIpc) is 2.31. The lowest BCUT2D eigenvalue weighted by atomic mass is 10.0. The van der Waals surface area contributed by atoms with Crippen molar-refractivity contribution in [1.29, 1.82) is 0 Å². The Balaban J connectivity index is 3.12. The lowest BCUT2D eigenvalue weighted by Gasteiger charge is -2.23. The van der Waals surface area contributed by atoms with Gasteiger partial charge < -0.3 is 15.7 Å². The highest BCUT2D eigenvalue weighted by atomic mass is 19.1. The number of hydrogen-bond donors (Lipinski definition) is 3. The third kappa shape index (κ3) is 3.25. The maximum atomic E-state index is 13.5. The number of carbonyl (C=O) groups excluding carboxylic acids is 1. The zero-order valence-electron chi connectivity index (χ0n) is 10.7. The van der Waals surface area contributed by atoms with Crippen LogP contribution in [0, 0.1) is 11.6 Å². The first-order valence-corrected chi connectivity index (χ1v) is 5.41. The molecule has 0 radical (unpaired) electrons. The zero-order chi connectivity index (χ0) is 14.8. The van der Waals surface area contributed by atoms with Crippen LogP contribution in [0.1, 0.15) is 24.2 Å². The number of aromatic carboxylic acids is 1. The molecule has 1 aromatic carbocycles. The molecule has 0 spiro atoms. The molecule has 5 nitrogen and oxygen atoms in total. The highest BCUT2D eigenvalue weighted by Crippen LogP contribution is 2.20. The van der Waals surface area contributed by atoms with Crippen molar-refractivity contribution in [1.82, 2.24) is 5.32 Å². The normalized spacial score (nSPS) is 11.2. The third-order valence-electron chi connectivity index (χ3n) is 2.73. The van der Waals surface area contributed by atoms with Crippen molar-refractivity contribution in [3.63, 3.8) is 0 Å². The summed E-state index contributed by atoms with van der Waals surface area (Å²) in [5.74, 6) is -4.35. The van der Waals surface area contributed by atoms with E-state index in [1.165, 1.54) is 0 Å². The van der Waals surface area contributed by atoms with Gasteiger partial charge in [0.05, 0.1) is 16.8 Å². The molecular formula is C12H14F2N2O3. The van der Waals surface area contributed by atoms with Crippen molar-refractivity contribution in [2.75, 3.05) is 12.4 Å². The van der Waals surface area contributed by atoms with Crippen molar-refractivity contribution in [3.05, 3.63) is 29.3 Å². The smallest absolute Gasteiger partial charge is 0.338 e. The Kier molecular flexibility index (Phi) is 4.21. The van der Waals surface area contributed by atoms with Crippen LogP contribution in [0.3, 0.4) is 0 Å². The second-order valence-corrected chi connectivity index (χ2v) is 4.45. The molecule has 104 valence electrons. The fourth-order valence-electron chi connectivity index (χ4n) is 1.20. The fourth-order valence-corrected chi connectivity index (χ4v) is 1.20. The van der Waals surface area contributed by atoms with Gasteiger partial charge in [-0.3, -0.25) is 4.79 Å². The predicted molar refractivity (Wildman–Crippen MR) is 65.1 cm³/mol. The minimum absolute atomic E-state index is 0.382. The molecule has 0 atom stereocenters. The van der Waals surface area contributed by atoms with E-state index >= 15 is 0 Å². The van der Waals surface area contributed by atoms with Gasteiger partial charge in [0, 0.05) is 6.07 Å². The number of carboxylic acids is 1. The Morgan fingerprint density at radius 2 is 1.79 bits per heavy atom. The molecule has 0 aromatic heterocycles. The maximum Gasteiger partial charge on any atom is 0.338 e. The number of nitrogens with one attached hydrogen (secondary N) is 2. The molecule has 1 amide bonds. The lowest BCUT2D eigenvalue weighted by Crippen LogP contribution is -2.48. The Bertz CT molecular complexity index is 530. The number of likely N-dealkylation sites (N-methyl/N-ethyl adjacent to an activating group) is 1. The van der Waals surface area contributed by atoms with Gasteiger partial charge in [-0.25, -0.2) is 13.6 Å². The summed E-state index contributed by atoms with van der Waals surface area (Å²) in [5, 5.41) is 13.7. The Morgan fingerprint density at radius 1 is 1.21 bits per heavy atom. The van der Waals surface area contributed by atoms with E-state index in [0.29, 0.717) is 6.07 Å². The molecule has 3 N–H and O–H groups in total. The topological polar surface area (TPSA) is 78.4 Å². The summed E-state index contributed by atoms with van der Waals surface area (Å²) in [4.78, 5) is 22.5. The minimum Gasteiger partial charge on any atom is -0.478 e. The van der Waals surface area contributed by atoms with E-state index in [2.05, 4.69) is 10.6 Å². The third-order valence-corrected chi connectivity index (χ3v) is 2.73. The fraction of sp³-hybridized carbons (Fsp3) is 0.333. The maximum absolute atomic E-state index is 13.5. The number of amides is 1. The molecule has 0 fully saturated rings. The van der Waals surface area contributed by atoms with E-state index in [-0.39, 0.29) is 5.69 Å². The first kappa shape index (κ1) is 15.0. The van der Waals surface area contributed by atoms with Gasteiger partial charge in [0.1, 0.15) is 11.6 Å². The summed E-state index contributed by atoms with van der Waals surface area (Å²) in [6.45, 7) is 3.11. The Labute approximate surface area is 108 Å². The van der Waals surface area contributed by atoms with Gasteiger partial charge in [-0.05, 0) is 27.0 Å². The molecule has 0 aliphatic carbocycles. The minimum atomic E-state index is -1.54. The molecule has 1 rings (SSSR count). The average molecular weight is 272 g/mol. The summed E-state index contributed by atoms with van der Waals surface area (Å²) in [5.41, 5.74) is -2.07. The summed E-state index contributed by atoms with van der Waals surface area (Å²) >= 11 is 0. The van der Waals surface area contributed by atoms with Crippen LogP contribution in [0.15, 0.2) is 12.1 Å². The summed E-state index contributed by atoms with van der Waals surface area (Å²) in [6.07, 6.45) is 0. The van der Waals surface area contributed by atoms with Crippen LogP contribution in [0.25, 0.3) is 0 Å². The van der Waals surface area contributed by atoms with Crippen LogP contribution in [-0.2, 0) is 4.79 Å². The molecule has 1 aromatic rings. The van der Waals surface area contributed by atoms with Crippen LogP contribution in [0.4, 0.5) is 14.5 Å². The van der Waals surface area contributed by atoms with Crippen LogP contribution in [0.5, 0.6) is 0 Å². The number of rotatable bonds is 4. The second-order valence-electron chi connectivity index (χ2n) is 4.45. The van der Waals surface area contributed by atoms with E-state index in [1.807, 2.05) is 0 Å². The molecule has 0 unspecified atom stereocenters. The Hall–Kier alpha value is -2.02. The van der Waals surface area contributed by atoms with E-state index in [1.54, 1.807) is 20.9 Å². The van der Waals surface area contributed by atoms with Crippen molar-refractivity contribution in [2.24, 2.45) is 0 Å². The van der Waals surface area contributed by atoms with Crippen molar-refractivity contribution < 1.29 is 23.5 Å². The van der Waals surface area contributed by atoms with E-state index < -0.39 is 34.6 Å². The van der Waals surface area contributed by atoms with Crippen LogP contribution >= 0.6 is 0 Å². The van der Waals surface area contributed by atoms with Gasteiger partial charge in [-0.1, -0.05) is 0 Å². The molecule has 0 bridgehead atoms. The first-order valence-electron chi connectivity index (χ1n) is 5.41. The predicted octanol–water partition coefficient (Wildman–Crippen LogP) is 1.60. The van der Waals surface area contributed by atoms with Gasteiger partial charge in [0.25, 0.3) is 0 Å². The summed E-state index contributed by atoms with van der Waals surface area (Å²) < 4.78 is 26.7. The van der Waals surface area contributed by atoms with Crippen LogP contribution in [-0.4, -0.2) is 29.6 Å². The first-order chi connectivity index (χ1) is 8.69. The molecule has 0 heterocycles. The summed E-state index contributed by atoms with van der Waals surface area (Å²) in [6, 6.07) is 1.17. The largest absolute Gasteiger partial charge is 0.478 e. The molecule has 7 heteroatoms. The van der Waals surface area contributed by atoms with Crippen LogP contribution in [0.2, 0.25) is 0 Å². The van der Waals surface area contributed by atoms with Crippen molar-refractivity contribution in [3.8, 4) is 0 Å². The van der Waals surface area contributed by atoms with Crippen molar-refractivity contribution in [2.45, 2.75) is 19.4 Å². The zero-order valence-corrected chi connectivity index (χ0v) is 10.7. The van der Waals surface area contributed by atoms with Crippen LogP contribution < -0.4 is 10.6 Å². The molecule has 0 saturated carbocycles. The van der Waals surface area contributed by atoms with Gasteiger partial charge in [0.15, 0.2) is 0 Å². The molecule has 19 heavy (non-hydrogen) atoms.